The van der Waals surface area contributed by atoms with Crippen LogP contribution in [0.3, 0.4) is 0 Å². The van der Waals surface area contributed by atoms with E-state index in [1.165, 1.54) is 0 Å². The summed E-state index contributed by atoms with van der Waals surface area (Å²) in [6.45, 7) is 1.96. The van der Waals surface area contributed by atoms with Gasteiger partial charge in [0, 0.05) is 24.5 Å². The number of aliphatic imine (C=N–C) groups is 1. The molecule has 1 saturated heterocycles. The molecule has 5 nitrogen and oxygen atoms in total. The number of carboxylic acid groups (broad SMARTS) is 1. The molecule has 3 rings (SSSR count). The average molecular weight is 263 g/mol. The summed E-state index contributed by atoms with van der Waals surface area (Å²) < 4.78 is 0. The summed E-state index contributed by atoms with van der Waals surface area (Å²) in [6, 6.07) is 7.58. The second-order valence-electron chi connectivity index (χ2n) is 4.28. The number of hydrogen-bond acceptors (Lipinski definition) is 4. The minimum Gasteiger partial charge on any atom is -0.465 e. The van der Waals surface area contributed by atoms with E-state index in [2.05, 4.69) is 15.2 Å². The highest BCUT2D eigenvalue weighted by Gasteiger charge is 2.30. The second-order valence-corrected chi connectivity index (χ2v) is 5.34. The first-order chi connectivity index (χ1) is 8.72. The van der Waals surface area contributed by atoms with Crippen LogP contribution in [0.1, 0.15) is 11.6 Å². The van der Waals surface area contributed by atoms with Gasteiger partial charge in [-0.05, 0) is 17.7 Å². The number of amidine groups is 1. The number of nitrogens with zero attached hydrogens (tertiary/aromatic N) is 2. The molecule has 2 N–H and O–H groups in total. The highest BCUT2D eigenvalue weighted by Crippen LogP contribution is 2.32. The van der Waals surface area contributed by atoms with Gasteiger partial charge in [0.2, 0.25) is 0 Å². The van der Waals surface area contributed by atoms with Crippen molar-refractivity contribution >= 4 is 28.7 Å². The Morgan fingerprint density at radius 2 is 2.44 bits per heavy atom. The van der Waals surface area contributed by atoms with E-state index in [9.17, 15) is 4.79 Å². The van der Waals surface area contributed by atoms with Crippen molar-refractivity contribution in [1.29, 1.82) is 0 Å². The van der Waals surface area contributed by atoms with Gasteiger partial charge >= 0.3 is 6.09 Å². The molecule has 18 heavy (non-hydrogen) atoms. The summed E-state index contributed by atoms with van der Waals surface area (Å²) in [4.78, 5) is 17.6. The van der Waals surface area contributed by atoms with E-state index >= 15 is 0 Å². The molecule has 94 valence electrons. The largest absolute Gasteiger partial charge is 0.465 e. The molecule has 0 bridgehead atoms. The van der Waals surface area contributed by atoms with Gasteiger partial charge in [0.15, 0.2) is 5.17 Å². The zero-order valence-corrected chi connectivity index (χ0v) is 10.5. The van der Waals surface area contributed by atoms with Gasteiger partial charge in [-0.3, -0.25) is 10.3 Å². The molecule has 1 atom stereocenters. The van der Waals surface area contributed by atoms with Crippen LogP contribution in [0.25, 0.3) is 0 Å². The van der Waals surface area contributed by atoms with E-state index in [-0.39, 0.29) is 6.04 Å². The monoisotopic (exact) mass is 263 g/mol. The van der Waals surface area contributed by atoms with Crippen molar-refractivity contribution in [3.05, 3.63) is 29.8 Å². The number of nitrogens with one attached hydrogen (secondary N) is 1. The molecule has 0 saturated carbocycles. The number of benzene rings is 1. The van der Waals surface area contributed by atoms with Crippen LogP contribution in [0.5, 0.6) is 0 Å². The Balaban J connectivity index is 1.81. The molecular weight excluding hydrogens is 250 g/mol. The van der Waals surface area contributed by atoms with Gasteiger partial charge in [-0.15, -0.1) is 0 Å². The smallest absolute Gasteiger partial charge is 0.409 e. The zero-order valence-electron chi connectivity index (χ0n) is 9.67. The van der Waals surface area contributed by atoms with Crippen LogP contribution < -0.4 is 5.32 Å². The summed E-state index contributed by atoms with van der Waals surface area (Å²) in [6.07, 6.45) is -1.04. The quantitative estimate of drug-likeness (QED) is 0.858. The summed E-state index contributed by atoms with van der Waals surface area (Å²) in [5, 5.41) is 12.2. The second kappa shape index (κ2) is 4.53. The number of carbonyl (C=O) groups is 1. The third kappa shape index (κ3) is 2.15. The van der Waals surface area contributed by atoms with E-state index in [4.69, 9.17) is 5.11 Å². The van der Waals surface area contributed by atoms with E-state index < -0.39 is 6.09 Å². The van der Waals surface area contributed by atoms with Crippen LogP contribution in [0.15, 0.2) is 29.3 Å². The predicted molar refractivity (Wildman–Crippen MR) is 72.3 cm³/mol. The van der Waals surface area contributed by atoms with Gasteiger partial charge in [0.25, 0.3) is 0 Å². The van der Waals surface area contributed by atoms with Crippen molar-refractivity contribution in [1.82, 2.24) is 4.90 Å². The first-order valence-corrected chi connectivity index (χ1v) is 6.76. The van der Waals surface area contributed by atoms with Crippen molar-refractivity contribution in [2.24, 2.45) is 4.99 Å². The van der Waals surface area contributed by atoms with Crippen molar-refractivity contribution in [2.45, 2.75) is 6.04 Å². The van der Waals surface area contributed by atoms with E-state index in [0.29, 0.717) is 5.69 Å². The molecule has 0 aromatic heterocycles. The van der Waals surface area contributed by atoms with Crippen molar-refractivity contribution in [3.63, 3.8) is 0 Å². The Morgan fingerprint density at radius 3 is 3.22 bits per heavy atom. The number of rotatable bonds is 2. The summed E-state index contributed by atoms with van der Waals surface area (Å²) >= 11 is 1.79. The lowest BCUT2D eigenvalue weighted by Gasteiger charge is -2.13. The molecule has 1 aromatic rings. The van der Waals surface area contributed by atoms with Gasteiger partial charge < -0.3 is 10.0 Å². The molecule has 0 spiro atoms. The molecule has 2 heterocycles. The van der Waals surface area contributed by atoms with Crippen LogP contribution in [0, 0.1) is 0 Å². The molecule has 0 aliphatic carbocycles. The minimum atomic E-state index is -1.04. The Labute approximate surface area is 109 Å². The molecule has 2 aliphatic heterocycles. The first kappa shape index (κ1) is 11.4. The lowest BCUT2D eigenvalue weighted by molar-refractivity contribution is 0.210. The molecule has 2 aliphatic rings. The van der Waals surface area contributed by atoms with Crippen LogP contribution in [0.2, 0.25) is 0 Å². The molecule has 1 aromatic carbocycles. The predicted octanol–water partition coefficient (Wildman–Crippen LogP) is 2.24. The third-order valence-electron chi connectivity index (χ3n) is 3.05. The van der Waals surface area contributed by atoms with Crippen LogP contribution in [0.4, 0.5) is 10.5 Å². The lowest BCUT2D eigenvalue weighted by atomic mass is 10.1. The summed E-state index contributed by atoms with van der Waals surface area (Å²) in [7, 11) is 0. The number of anilines is 1. The average Bonchev–Trinajstić information content (AvgIpc) is 2.88. The SMILES string of the molecule is O=C(O)Nc1cccc(C2CN3CCSC3=N2)c1. The van der Waals surface area contributed by atoms with Gasteiger partial charge in [0.1, 0.15) is 0 Å². The fraction of sp³-hybridized carbons (Fsp3) is 0.333. The topological polar surface area (TPSA) is 64.9 Å². The minimum absolute atomic E-state index is 0.128. The normalized spacial score (nSPS) is 21.7. The molecule has 0 radical (unpaired) electrons. The Morgan fingerprint density at radius 1 is 1.56 bits per heavy atom. The fourth-order valence-electron chi connectivity index (χ4n) is 2.23. The van der Waals surface area contributed by atoms with Gasteiger partial charge in [0.05, 0.1) is 6.04 Å². The number of fused-ring (bicyclic) bond motifs is 1. The van der Waals surface area contributed by atoms with E-state index in [0.717, 1.165) is 29.6 Å². The lowest BCUT2D eigenvalue weighted by Crippen LogP contribution is -2.21. The van der Waals surface area contributed by atoms with Crippen LogP contribution in [-0.2, 0) is 0 Å². The highest BCUT2D eigenvalue weighted by molar-refractivity contribution is 8.14. The van der Waals surface area contributed by atoms with Gasteiger partial charge in [-0.25, -0.2) is 4.79 Å². The Hall–Kier alpha value is -1.69. The van der Waals surface area contributed by atoms with Gasteiger partial charge in [-0.2, -0.15) is 0 Å². The maximum Gasteiger partial charge on any atom is 0.409 e. The molecular formula is C12H13N3O2S. The highest BCUT2D eigenvalue weighted by atomic mass is 32.2. The maximum atomic E-state index is 10.6. The van der Waals surface area contributed by atoms with E-state index in [1.54, 1.807) is 17.8 Å². The Kier molecular flexibility index (Phi) is 2.87. The third-order valence-corrected chi connectivity index (χ3v) is 4.05. The Bertz CT molecular complexity index is 518. The molecule has 1 unspecified atom stereocenters. The standard InChI is InChI=1S/C12H13N3O2S/c16-12(17)13-9-3-1-2-8(6-9)10-7-15-4-5-18-11(15)14-10/h1-3,6,10,13H,4-5,7H2,(H,16,17). The molecule has 6 heteroatoms. The van der Waals surface area contributed by atoms with Crippen molar-refractivity contribution < 1.29 is 9.90 Å². The first-order valence-electron chi connectivity index (χ1n) is 5.78. The van der Waals surface area contributed by atoms with Gasteiger partial charge in [-0.1, -0.05) is 23.9 Å². The van der Waals surface area contributed by atoms with Crippen molar-refractivity contribution in [3.8, 4) is 0 Å². The molecule has 1 amide bonds. The maximum absolute atomic E-state index is 10.6. The zero-order chi connectivity index (χ0) is 12.5. The number of thioether (sulfide) groups is 1. The van der Waals surface area contributed by atoms with E-state index in [1.807, 2.05) is 18.2 Å². The summed E-state index contributed by atoms with van der Waals surface area (Å²) in [5.41, 5.74) is 1.66. The number of amides is 1. The van der Waals surface area contributed by atoms with Crippen LogP contribution in [-0.4, -0.2) is 40.1 Å². The fourth-order valence-corrected chi connectivity index (χ4v) is 3.28. The summed E-state index contributed by atoms with van der Waals surface area (Å²) in [5.74, 6) is 1.12. The molecule has 1 fully saturated rings. The number of hydrogen-bond donors (Lipinski definition) is 2. The van der Waals surface area contributed by atoms with Crippen LogP contribution >= 0.6 is 11.8 Å². The van der Waals surface area contributed by atoms with Crippen molar-refractivity contribution in [2.75, 3.05) is 24.2 Å².